The number of hydrogen-bond donors (Lipinski definition) is 2. The molecule has 0 saturated heterocycles. The van der Waals surface area contributed by atoms with Gasteiger partial charge in [0.15, 0.2) is 0 Å². The van der Waals surface area contributed by atoms with E-state index in [1.807, 2.05) is 0 Å². The summed E-state index contributed by atoms with van der Waals surface area (Å²) in [5, 5.41) is 16.1. The van der Waals surface area contributed by atoms with Gasteiger partial charge >= 0.3 is 0 Å². The van der Waals surface area contributed by atoms with Gasteiger partial charge in [0.25, 0.3) is 0 Å². The number of aryl methyl sites for hydroxylation is 1. The van der Waals surface area contributed by atoms with Crippen LogP contribution in [0.1, 0.15) is 22.9 Å². The SMILES string of the molecule is CCc1ccsc1CNCc1cc(Cl)cc(Cl)c1O. The number of rotatable bonds is 5. The van der Waals surface area contributed by atoms with Gasteiger partial charge in [-0.1, -0.05) is 30.1 Å². The van der Waals surface area contributed by atoms with Gasteiger partial charge in [0.2, 0.25) is 0 Å². The van der Waals surface area contributed by atoms with Gasteiger partial charge < -0.3 is 10.4 Å². The second-order valence-electron chi connectivity index (χ2n) is 4.22. The molecule has 0 aliphatic rings. The lowest BCUT2D eigenvalue weighted by atomic mass is 10.2. The van der Waals surface area contributed by atoms with Gasteiger partial charge in [-0.3, -0.25) is 0 Å². The van der Waals surface area contributed by atoms with Crippen molar-refractivity contribution in [1.29, 1.82) is 0 Å². The molecule has 102 valence electrons. The maximum absolute atomic E-state index is 9.85. The summed E-state index contributed by atoms with van der Waals surface area (Å²) in [5.74, 6) is 0.0976. The van der Waals surface area contributed by atoms with Crippen molar-refractivity contribution < 1.29 is 5.11 Å². The fourth-order valence-electron chi connectivity index (χ4n) is 1.90. The summed E-state index contributed by atoms with van der Waals surface area (Å²) < 4.78 is 0. The van der Waals surface area contributed by atoms with E-state index in [-0.39, 0.29) is 10.8 Å². The largest absolute Gasteiger partial charge is 0.506 e. The summed E-state index contributed by atoms with van der Waals surface area (Å²) >= 11 is 13.6. The van der Waals surface area contributed by atoms with Crippen molar-refractivity contribution in [2.24, 2.45) is 0 Å². The number of hydrogen-bond acceptors (Lipinski definition) is 3. The first kappa shape index (κ1) is 14.7. The van der Waals surface area contributed by atoms with Crippen molar-refractivity contribution in [1.82, 2.24) is 5.32 Å². The van der Waals surface area contributed by atoms with Crippen molar-refractivity contribution in [3.8, 4) is 5.75 Å². The van der Waals surface area contributed by atoms with Crippen LogP contribution >= 0.6 is 34.5 Å². The molecule has 0 radical (unpaired) electrons. The number of halogens is 2. The van der Waals surface area contributed by atoms with Crippen LogP contribution in [-0.2, 0) is 19.5 Å². The van der Waals surface area contributed by atoms with Crippen molar-refractivity contribution in [2.45, 2.75) is 26.4 Å². The molecule has 0 unspecified atom stereocenters. The third-order valence-electron chi connectivity index (χ3n) is 2.93. The first-order valence-corrected chi connectivity index (χ1v) is 7.68. The minimum absolute atomic E-state index is 0.0976. The lowest BCUT2D eigenvalue weighted by Gasteiger charge is -2.09. The van der Waals surface area contributed by atoms with Crippen LogP contribution in [0.15, 0.2) is 23.6 Å². The molecule has 0 aliphatic heterocycles. The Bertz CT molecular complexity index is 569. The summed E-state index contributed by atoms with van der Waals surface area (Å²) in [5.41, 5.74) is 2.08. The topological polar surface area (TPSA) is 32.3 Å². The Morgan fingerprint density at radius 1 is 1.21 bits per heavy atom. The average molecular weight is 316 g/mol. The third kappa shape index (κ3) is 3.63. The van der Waals surface area contributed by atoms with Crippen LogP contribution in [0.5, 0.6) is 5.75 Å². The van der Waals surface area contributed by atoms with E-state index in [1.165, 1.54) is 16.5 Å². The van der Waals surface area contributed by atoms with E-state index in [0.29, 0.717) is 17.1 Å². The number of phenols is 1. The summed E-state index contributed by atoms with van der Waals surface area (Å²) in [6.45, 7) is 3.46. The molecular weight excluding hydrogens is 301 g/mol. The van der Waals surface area contributed by atoms with Crippen molar-refractivity contribution >= 4 is 34.5 Å². The molecule has 1 aromatic heterocycles. The van der Waals surface area contributed by atoms with Crippen molar-refractivity contribution in [2.75, 3.05) is 0 Å². The number of benzene rings is 1. The van der Waals surface area contributed by atoms with Crippen molar-refractivity contribution in [3.63, 3.8) is 0 Å². The van der Waals surface area contributed by atoms with Crippen LogP contribution in [0.25, 0.3) is 0 Å². The highest BCUT2D eigenvalue weighted by Crippen LogP contribution is 2.31. The fourth-order valence-corrected chi connectivity index (χ4v) is 3.38. The molecule has 0 bridgehead atoms. The zero-order chi connectivity index (χ0) is 13.8. The van der Waals surface area contributed by atoms with Gasteiger partial charge in [0, 0.05) is 28.6 Å². The van der Waals surface area contributed by atoms with Crippen molar-refractivity contribution in [3.05, 3.63) is 49.6 Å². The van der Waals surface area contributed by atoms with Gasteiger partial charge in [-0.05, 0) is 35.6 Å². The molecule has 0 atom stereocenters. The first-order valence-electron chi connectivity index (χ1n) is 6.04. The van der Waals surface area contributed by atoms with E-state index in [2.05, 4.69) is 23.7 Å². The Morgan fingerprint density at radius 3 is 2.74 bits per heavy atom. The molecule has 2 nitrogen and oxygen atoms in total. The fraction of sp³-hybridized carbons (Fsp3) is 0.286. The van der Waals surface area contributed by atoms with Gasteiger partial charge in [0.05, 0.1) is 5.02 Å². The lowest BCUT2D eigenvalue weighted by molar-refractivity contribution is 0.465. The molecule has 0 fully saturated rings. The number of aromatic hydroxyl groups is 1. The van der Waals surface area contributed by atoms with E-state index < -0.39 is 0 Å². The Balaban J connectivity index is 2.00. The van der Waals surface area contributed by atoms with Crippen LogP contribution in [0.3, 0.4) is 0 Å². The molecule has 5 heteroatoms. The number of thiophene rings is 1. The lowest BCUT2D eigenvalue weighted by Crippen LogP contribution is -2.13. The Morgan fingerprint density at radius 2 is 2.00 bits per heavy atom. The number of phenolic OH excluding ortho intramolecular Hbond substituents is 1. The smallest absolute Gasteiger partial charge is 0.138 e. The highest BCUT2D eigenvalue weighted by atomic mass is 35.5. The summed E-state index contributed by atoms with van der Waals surface area (Å²) in [6.07, 6.45) is 1.04. The molecule has 0 spiro atoms. The van der Waals surface area contributed by atoms with Crippen LogP contribution < -0.4 is 5.32 Å². The normalized spacial score (nSPS) is 10.9. The van der Waals surface area contributed by atoms with Gasteiger partial charge in [-0.2, -0.15) is 0 Å². The second-order valence-corrected chi connectivity index (χ2v) is 6.07. The standard InChI is InChI=1S/C14H15Cl2NOS/c1-2-9-3-4-19-13(9)8-17-7-10-5-11(15)6-12(16)14(10)18/h3-6,17-18H,2,7-8H2,1H3. The first-order chi connectivity index (χ1) is 9.11. The van der Waals surface area contributed by atoms with Gasteiger partial charge in [-0.15, -0.1) is 11.3 Å². The van der Waals surface area contributed by atoms with E-state index >= 15 is 0 Å². The molecule has 2 aromatic rings. The maximum atomic E-state index is 9.85. The molecule has 1 aromatic carbocycles. The predicted molar refractivity (Wildman–Crippen MR) is 82.4 cm³/mol. The monoisotopic (exact) mass is 315 g/mol. The molecule has 2 N–H and O–H groups in total. The molecule has 2 rings (SSSR count). The molecule has 0 saturated carbocycles. The second kappa shape index (κ2) is 6.62. The summed E-state index contributed by atoms with van der Waals surface area (Å²) in [7, 11) is 0. The molecular formula is C14H15Cl2NOS. The van der Waals surface area contributed by atoms with E-state index in [9.17, 15) is 5.11 Å². The Hall–Kier alpha value is -0.740. The zero-order valence-corrected chi connectivity index (χ0v) is 12.9. The minimum Gasteiger partial charge on any atom is -0.506 e. The van der Waals surface area contributed by atoms with E-state index in [4.69, 9.17) is 23.2 Å². The average Bonchev–Trinajstić information content (AvgIpc) is 2.82. The Labute approximate surface area is 127 Å². The highest BCUT2D eigenvalue weighted by Gasteiger charge is 2.08. The maximum Gasteiger partial charge on any atom is 0.138 e. The third-order valence-corrected chi connectivity index (χ3v) is 4.40. The zero-order valence-electron chi connectivity index (χ0n) is 10.5. The molecule has 0 amide bonds. The van der Waals surface area contributed by atoms with Crippen LogP contribution in [-0.4, -0.2) is 5.11 Å². The molecule has 19 heavy (non-hydrogen) atoms. The van der Waals surface area contributed by atoms with Crippen LogP contribution in [0.4, 0.5) is 0 Å². The van der Waals surface area contributed by atoms with Gasteiger partial charge in [0.1, 0.15) is 5.75 Å². The molecule has 0 aliphatic carbocycles. The van der Waals surface area contributed by atoms with E-state index in [0.717, 1.165) is 13.0 Å². The summed E-state index contributed by atoms with van der Waals surface area (Å²) in [4.78, 5) is 1.33. The quantitative estimate of drug-likeness (QED) is 0.844. The van der Waals surface area contributed by atoms with E-state index in [1.54, 1.807) is 17.4 Å². The van der Waals surface area contributed by atoms with Gasteiger partial charge in [-0.25, -0.2) is 0 Å². The molecule has 1 heterocycles. The van der Waals surface area contributed by atoms with Crippen LogP contribution in [0, 0.1) is 0 Å². The predicted octanol–water partition coefficient (Wildman–Crippen LogP) is 4.61. The number of nitrogens with one attached hydrogen (secondary N) is 1. The summed E-state index contributed by atoms with van der Waals surface area (Å²) in [6, 6.07) is 5.41. The minimum atomic E-state index is 0.0976. The van der Waals surface area contributed by atoms with Crippen LogP contribution in [0.2, 0.25) is 10.0 Å². The Kier molecular flexibility index (Phi) is 5.11. The highest BCUT2D eigenvalue weighted by molar-refractivity contribution is 7.10.